The first-order valence-electron chi connectivity index (χ1n) is 26.2. The average molecular weight is 1140 g/mol. The van der Waals surface area contributed by atoms with Crippen molar-refractivity contribution < 1.29 is 30.3 Å². The number of hydrogen-bond donors (Lipinski definition) is 0. The van der Waals surface area contributed by atoms with Crippen molar-refractivity contribution in [3.63, 3.8) is 0 Å². The molecule has 0 aliphatic heterocycles. The number of rotatable bonds is 8. The van der Waals surface area contributed by atoms with Gasteiger partial charge in [-0.3, -0.25) is 9.97 Å². The molecule has 1 saturated carbocycles. The van der Waals surface area contributed by atoms with E-state index < -0.39 is 5.89 Å². The number of para-hydroxylation sites is 2. The second kappa shape index (κ2) is 19.9. The standard InChI is InChI=1S/C45H41N2O2.C21H23N2.Ir/c1-44(2,3)37-11-6-7-12-38(37)47-24-23-46-43(47)35-10-8-9-34-32-16-14-31(27-41(32)49-42(34)35)29-15-18-39-36(25-29)33-17-13-30(26-40(33)48-39)28-19-21-45(4,5)22-20-28;1-15(2)18-11-8-12-19(16(3)4)20(18)23-14-13-22-21(23)17-9-6-5-7-10-17;/h6-9,11-18,23-28H,19-22H2,1-5H3;5-9,11-16H,1-4H3;/q2*-1;/i28D;;. The number of imidazole rings is 2. The smallest absolute Gasteiger partial charge is 0.135 e. The molecule has 7 heteroatoms. The van der Waals surface area contributed by atoms with E-state index in [0.717, 1.165) is 115 Å². The third kappa shape index (κ3) is 9.55. The summed E-state index contributed by atoms with van der Waals surface area (Å²) >= 11 is 0. The van der Waals surface area contributed by atoms with Crippen molar-refractivity contribution in [2.24, 2.45) is 5.41 Å². The topological polar surface area (TPSA) is 61.9 Å². The van der Waals surface area contributed by atoms with E-state index in [4.69, 9.17) is 13.8 Å². The molecular weight excluding hydrogens is 1070 g/mol. The van der Waals surface area contributed by atoms with E-state index in [-0.39, 0.29) is 25.5 Å². The zero-order chi connectivity index (χ0) is 50.8. The molecule has 1 aliphatic rings. The second-order valence-electron chi connectivity index (χ2n) is 22.1. The molecule has 0 atom stereocenters. The van der Waals surface area contributed by atoms with Crippen LogP contribution in [0.3, 0.4) is 0 Å². The van der Waals surface area contributed by atoms with Crippen LogP contribution in [0.15, 0.2) is 167 Å². The third-order valence-electron chi connectivity index (χ3n) is 14.9. The minimum absolute atomic E-state index is 0. The molecule has 0 N–H and O–H groups in total. The Kier molecular flexibility index (Phi) is 13.2. The molecular formula is C66H64IrN4O2-2. The molecule has 0 amide bonds. The van der Waals surface area contributed by atoms with Crippen molar-refractivity contribution in [2.75, 3.05) is 0 Å². The monoisotopic (exact) mass is 1140 g/mol. The van der Waals surface area contributed by atoms with Gasteiger partial charge in [-0.25, -0.2) is 0 Å². The Labute approximate surface area is 445 Å². The number of hydrogen-bond acceptors (Lipinski definition) is 4. The maximum Gasteiger partial charge on any atom is 0.135 e. The van der Waals surface area contributed by atoms with Gasteiger partial charge in [-0.05, 0) is 118 Å². The van der Waals surface area contributed by atoms with Crippen LogP contribution < -0.4 is 0 Å². The van der Waals surface area contributed by atoms with E-state index in [2.05, 4.69) is 204 Å². The second-order valence-corrected chi connectivity index (χ2v) is 22.1. The Morgan fingerprint density at radius 3 is 2.01 bits per heavy atom. The summed E-state index contributed by atoms with van der Waals surface area (Å²) in [5.74, 6) is 2.11. The molecule has 4 aromatic heterocycles. The zero-order valence-electron chi connectivity index (χ0n) is 44.4. The van der Waals surface area contributed by atoms with Gasteiger partial charge in [0, 0.05) is 73.8 Å². The first kappa shape index (κ1) is 48.5. The summed E-state index contributed by atoms with van der Waals surface area (Å²) in [4.78, 5) is 9.41. The summed E-state index contributed by atoms with van der Waals surface area (Å²) in [7, 11) is 0. The van der Waals surface area contributed by atoms with E-state index in [0.29, 0.717) is 17.3 Å². The predicted molar refractivity (Wildman–Crippen MR) is 298 cm³/mol. The largest absolute Gasteiger partial charge is 0.501 e. The number of fused-ring (bicyclic) bond motifs is 6. The molecule has 7 aromatic carbocycles. The van der Waals surface area contributed by atoms with Crippen LogP contribution in [0.1, 0.15) is 129 Å². The number of benzene rings is 7. The molecule has 1 fully saturated rings. The van der Waals surface area contributed by atoms with Gasteiger partial charge in [0.25, 0.3) is 0 Å². The Balaban J connectivity index is 0.000000219. The van der Waals surface area contributed by atoms with E-state index in [1.165, 1.54) is 22.4 Å². The first-order valence-corrected chi connectivity index (χ1v) is 25.7. The molecule has 0 unspecified atom stereocenters. The van der Waals surface area contributed by atoms with Crippen molar-refractivity contribution >= 4 is 43.9 Å². The fourth-order valence-corrected chi connectivity index (χ4v) is 10.8. The van der Waals surface area contributed by atoms with E-state index in [1.807, 2.05) is 42.9 Å². The normalized spacial score (nSPS) is 14.7. The van der Waals surface area contributed by atoms with Crippen LogP contribution in [0, 0.1) is 17.5 Å². The van der Waals surface area contributed by atoms with E-state index in [1.54, 1.807) is 0 Å². The minimum atomic E-state index is -0.552. The Morgan fingerprint density at radius 1 is 0.630 bits per heavy atom. The molecule has 11 aromatic rings. The molecule has 0 spiro atoms. The Morgan fingerprint density at radius 2 is 1.29 bits per heavy atom. The minimum Gasteiger partial charge on any atom is -0.501 e. The van der Waals surface area contributed by atoms with Crippen LogP contribution in [-0.2, 0) is 25.5 Å². The summed E-state index contributed by atoms with van der Waals surface area (Å²) in [6.07, 6.45) is 11.7. The van der Waals surface area contributed by atoms with Crippen molar-refractivity contribution in [3.8, 4) is 45.3 Å². The maximum atomic E-state index is 9.28. The average Bonchev–Trinajstić information content (AvgIpc) is 4.22. The number of aromatic nitrogens is 4. The summed E-state index contributed by atoms with van der Waals surface area (Å²) in [5, 5.41) is 4.26. The molecule has 1 radical (unpaired) electrons. The summed E-state index contributed by atoms with van der Waals surface area (Å²) in [6.45, 7) is 20.3. The van der Waals surface area contributed by atoms with Gasteiger partial charge < -0.3 is 18.0 Å². The molecule has 4 heterocycles. The number of nitrogens with zero attached hydrogens (tertiary/aromatic N) is 4. The van der Waals surface area contributed by atoms with Gasteiger partial charge in [0.2, 0.25) is 0 Å². The van der Waals surface area contributed by atoms with Crippen LogP contribution in [0.5, 0.6) is 0 Å². The van der Waals surface area contributed by atoms with E-state index in [9.17, 15) is 1.37 Å². The van der Waals surface area contributed by atoms with Crippen LogP contribution in [0.2, 0.25) is 0 Å². The van der Waals surface area contributed by atoms with Gasteiger partial charge >= 0.3 is 0 Å². The molecule has 0 bridgehead atoms. The summed E-state index contributed by atoms with van der Waals surface area (Å²) < 4.78 is 26.7. The molecule has 0 saturated heterocycles. The summed E-state index contributed by atoms with van der Waals surface area (Å²) in [5.41, 5.74) is 15.0. The van der Waals surface area contributed by atoms with E-state index >= 15 is 0 Å². The van der Waals surface area contributed by atoms with Crippen LogP contribution in [-0.4, -0.2) is 19.1 Å². The first-order chi connectivity index (χ1) is 35.1. The SMILES string of the molecule is CC(C)c1cccc(C(C)C)c1-n1ccnc1-c1[c-]cccc1.[2H]C1(c2ccc3c(c2)oc2ccc(-c4ccc5c(c4)oc4c(-c6nccn6-c6ccccc6C(C)(C)C)[c-]ccc45)cc23)CCC(C)(C)CC1.[Ir]. The fourth-order valence-electron chi connectivity index (χ4n) is 10.8. The molecule has 6 nitrogen and oxygen atoms in total. The molecule has 371 valence electrons. The van der Waals surface area contributed by atoms with Crippen LogP contribution in [0.25, 0.3) is 89.2 Å². The predicted octanol–water partition coefficient (Wildman–Crippen LogP) is 18.4. The molecule has 1 aliphatic carbocycles. The van der Waals surface area contributed by atoms with Gasteiger partial charge in [0.05, 0.1) is 17.2 Å². The number of furan rings is 2. The van der Waals surface area contributed by atoms with Gasteiger partial charge in [0.15, 0.2) is 0 Å². The van der Waals surface area contributed by atoms with Crippen molar-refractivity contribution in [1.82, 2.24) is 19.1 Å². The van der Waals surface area contributed by atoms with Gasteiger partial charge in [0.1, 0.15) is 16.7 Å². The maximum absolute atomic E-state index is 9.28. The summed E-state index contributed by atoms with van der Waals surface area (Å²) in [6, 6.07) is 53.2. The molecule has 73 heavy (non-hydrogen) atoms. The van der Waals surface area contributed by atoms with Crippen LogP contribution >= 0.6 is 0 Å². The van der Waals surface area contributed by atoms with Crippen molar-refractivity contribution in [2.45, 2.75) is 111 Å². The van der Waals surface area contributed by atoms with Crippen molar-refractivity contribution in [3.05, 3.63) is 193 Å². The zero-order valence-corrected chi connectivity index (χ0v) is 45.8. The third-order valence-corrected chi connectivity index (χ3v) is 14.9. The Bertz CT molecular complexity index is 3770. The van der Waals surface area contributed by atoms with Gasteiger partial charge in [-0.15, -0.1) is 54.1 Å². The molecule has 12 rings (SSSR count). The van der Waals surface area contributed by atoms with Crippen molar-refractivity contribution in [1.29, 1.82) is 0 Å². The van der Waals surface area contributed by atoms with Crippen LogP contribution in [0.4, 0.5) is 0 Å². The Hall–Kier alpha value is -6.79. The van der Waals surface area contributed by atoms with Gasteiger partial charge in [-0.2, -0.15) is 0 Å². The van der Waals surface area contributed by atoms with Gasteiger partial charge in [-0.1, -0.05) is 140 Å². The quantitative estimate of drug-likeness (QED) is 0.142. The fraction of sp³-hybridized carbons (Fsp3) is 0.273.